The van der Waals surface area contributed by atoms with Crippen molar-refractivity contribution in [2.75, 3.05) is 0 Å². The molecule has 66 valence electrons. The van der Waals surface area contributed by atoms with Gasteiger partial charge >= 0.3 is 5.97 Å². The fraction of sp³-hybridized carbons (Fsp3) is 0.100. The van der Waals surface area contributed by atoms with Gasteiger partial charge < -0.3 is 5.11 Å². The van der Waals surface area contributed by atoms with E-state index < -0.39 is 5.97 Å². The first-order valence-electron chi connectivity index (χ1n) is 3.91. The Morgan fingerprint density at radius 3 is 2.92 bits per heavy atom. The van der Waals surface area contributed by atoms with Gasteiger partial charge in [-0.15, -0.1) is 0 Å². The summed E-state index contributed by atoms with van der Waals surface area (Å²) in [5.41, 5.74) is 2.31. The summed E-state index contributed by atoms with van der Waals surface area (Å²) in [6, 6.07) is 5.73. The first kappa shape index (κ1) is 8.51. The minimum atomic E-state index is -0.856. The van der Waals surface area contributed by atoms with Gasteiger partial charge in [-0.2, -0.15) is 0 Å². The van der Waals surface area contributed by atoms with Gasteiger partial charge in [0.2, 0.25) is 0 Å². The van der Waals surface area contributed by atoms with Crippen molar-refractivity contribution in [3.63, 3.8) is 0 Å². The van der Waals surface area contributed by atoms with Crippen LogP contribution in [0.1, 0.15) is 11.1 Å². The standard InChI is InChI=1S/C10H7BrO2/c11-8-3-1-2-6-4-5-7(9(6)8)10(12)13/h1-3,5H,4H2,(H,12,13). The van der Waals surface area contributed by atoms with Gasteiger partial charge in [0.25, 0.3) is 0 Å². The lowest BCUT2D eigenvalue weighted by Gasteiger charge is -2.03. The van der Waals surface area contributed by atoms with Crippen LogP contribution in [0.3, 0.4) is 0 Å². The van der Waals surface area contributed by atoms with Crippen LogP contribution >= 0.6 is 15.9 Å². The molecule has 0 amide bonds. The SMILES string of the molecule is O=C(O)C1=CCc2cccc(Br)c21. The summed E-state index contributed by atoms with van der Waals surface area (Å²) in [7, 11) is 0. The smallest absolute Gasteiger partial charge is 0.336 e. The molecule has 2 nitrogen and oxygen atoms in total. The number of aliphatic carboxylic acids is 1. The third-order valence-electron chi connectivity index (χ3n) is 2.13. The van der Waals surface area contributed by atoms with Crippen molar-refractivity contribution < 1.29 is 9.90 Å². The molecule has 0 atom stereocenters. The second kappa shape index (κ2) is 3.00. The summed E-state index contributed by atoms with van der Waals surface area (Å²) in [6.45, 7) is 0. The Morgan fingerprint density at radius 1 is 1.46 bits per heavy atom. The zero-order valence-corrected chi connectivity index (χ0v) is 8.34. The maximum atomic E-state index is 10.8. The highest BCUT2D eigenvalue weighted by Crippen LogP contribution is 2.33. The molecular formula is C10H7BrO2. The summed E-state index contributed by atoms with van der Waals surface area (Å²) in [5, 5.41) is 8.90. The highest BCUT2D eigenvalue weighted by molar-refractivity contribution is 9.10. The topological polar surface area (TPSA) is 37.3 Å². The van der Waals surface area contributed by atoms with Crippen molar-refractivity contribution in [2.24, 2.45) is 0 Å². The molecule has 0 heterocycles. The molecule has 0 saturated carbocycles. The normalized spacial score (nSPS) is 13.8. The number of fused-ring (bicyclic) bond motifs is 1. The van der Waals surface area contributed by atoms with E-state index in [4.69, 9.17) is 5.11 Å². The number of carbonyl (C=O) groups is 1. The van der Waals surface area contributed by atoms with Crippen LogP contribution in [0.15, 0.2) is 28.7 Å². The minimum absolute atomic E-state index is 0.405. The van der Waals surface area contributed by atoms with Gasteiger partial charge in [-0.3, -0.25) is 0 Å². The molecule has 13 heavy (non-hydrogen) atoms. The second-order valence-corrected chi connectivity index (χ2v) is 3.76. The number of hydrogen-bond acceptors (Lipinski definition) is 1. The van der Waals surface area contributed by atoms with Gasteiger partial charge in [-0.25, -0.2) is 4.79 Å². The van der Waals surface area contributed by atoms with E-state index in [2.05, 4.69) is 15.9 Å². The molecule has 3 heteroatoms. The Morgan fingerprint density at radius 2 is 2.23 bits per heavy atom. The van der Waals surface area contributed by atoms with Crippen LogP contribution in [0.25, 0.3) is 5.57 Å². The lowest BCUT2D eigenvalue weighted by molar-refractivity contribution is -0.130. The molecule has 0 unspecified atom stereocenters. The molecule has 1 N–H and O–H groups in total. The zero-order valence-electron chi connectivity index (χ0n) is 6.75. The molecule has 0 radical (unpaired) electrons. The lowest BCUT2D eigenvalue weighted by Crippen LogP contribution is -1.98. The molecule has 0 fully saturated rings. The summed E-state index contributed by atoms with van der Waals surface area (Å²) in [5.74, 6) is -0.856. The number of rotatable bonds is 1. The highest BCUT2D eigenvalue weighted by atomic mass is 79.9. The van der Waals surface area contributed by atoms with Crippen LogP contribution in [-0.4, -0.2) is 11.1 Å². The van der Waals surface area contributed by atoms with Gasteiger partial charge in [-0.05, 0) is 18.1 Å². The fourth-order valence-corrected chi connectivity index (χ4v) is 2.17. The highest BCUT2D eigenvalue weighted by Gasteiger charge is 2.21. The summed E-state index contributed by atoms with van der Waals surface area (Å²) < 4.78 is 0.858. The Hall–Kier alpha value is -1.09. The first-order chi connectivity index (χ1) is 6.20. The number of halogens is 1. The molecule has 1 aliphatic carbocycles. The number of hydrogen-bond donors (Lipinski definition) is 1. The number of allylic oxidation sites excluding steroid dienone is 1. The van der Waals surface area contributed by atoms with Crippen LogP contribution in [-0.2, 0) is 11.2 Å². The van der Waals surface area contributed by atoms with Crippen molar-refractivity contribution in [3.05, 3.63) is 39.9 Å². The van der Waals surface area contributed by atoms with Crippen molar-refractivity contribution in [1.29, 1.82) is 0 Å². The maximum Gasteiger partial charge on any atom is 0.336 e. The quantitative estimate of drug-likeness (QED) is 0.817. The van der Waals surface area contributed by atoms with Gasteiger partial charge in [0, 0.05) is 10.0 Å². The Labute approximate surface area is 84.0 Å². The van der Waals surface area contributed by atoms with E-state index >= 15 is 0 Å². The van der Waals surface area contributed by atoms with Gasteiger partial charge in [-0.1, -0.05) is 34.1 Å². The minimum Gasteiger partial charge on any atom is -0.478 e. The average molecular weight is 239 g/mol. The average Bonchev–Trinajstić information content (AvgIpc) is 2.49. The number of carboxylic acid groups (broad SMARTS) is 1. The fourth-order valence-electron chi connectivity index (χ4n) is 1.55. The van der Waals surface area contributed by atoms with E-state index in [-0.39, 0.29) is 0 Å². The predicted molar refractivity (Wildman–Crippen MR) is 53.5 cm³/mol. The number of carboxylic acids is 1. The molecule has 1 aromatic carbocycles. The Bertz CT molecular complexity index is 407. The largest absolute Gasteiger partial charge is 0.478 e. The first-order valence-corrected chi connectivity index (χ1v) is 4.70. The van der Waals surface area contributed by atoms with E-state index in [1.807, 2.05) is 18.2 Å². The van der Waals surface area contributed by atoms with E-state index in [0.29, 0.717) is 5.57 Å². The van der Waals surface area contributed by atoms with Crippen LogP contribution < -0.4 is 0 Å². The van der Waals surface area contributed by atoms with E-state index in [0.717, 1.165) is 22.0 Å². The Balaban J connectivity index is 2.60. The van der Waals surface area contributed by atoms with Crippen molar-refractivity contribution in [3.8, 4) is 0 Å². The van der Waals surface area contributed by atoms with E-state index in [1.54, 1.807) is 6.08 Å². The van der Waals surface area contributed by atoms with Gasteiger partial charge in [0.1, 0.15) is 0 Å². The van der Waals surface area contributed by atoms with E-state index in [9.17, 15) is 4.79 Å². The van der Waals surface area contributed by atoms with Crippen LogP contribution in [0, 0.1) is 0 Å². The van der Waals surface area contributed by atoms with Crippen molar-refractivity contribution in [2.45, 2.75) is 6.42 Å². The third kappa shape index (κ3) is 1.29. The molecule has 0 saturated heterocycles. The summed E-state index contributed by atoms with van der Waals surface area (Å²) >= 11 is 3.35. The molecule has 2 rings (SSSR count). The molecule has 0 bridgehead atoms. The summed E-state index contributed by atoms with van der Waals surface area (Å²) in [4.78, 5) is 10.8. The molecular weight excluding hydrogens is 232 g/mol. The van der Waals surface area contributed by atoms with Crippen LogP contribution in [0.2, 0.25) is 0 Å². The molecule has 0 aliphatic heterocycles. The molecule has 1 aromatic rings. The summed E-state index contributed by atoms with van der Waals surface area (Å²) in [6.07, 6.45) is 2.47. The van der Waals surface area contributed by atoms with Crippen molar-refractivity contribution in [1.82, 2.24) is 0 Å². The second-order valence-electron chi connectivity index (χ2n) is 2.90. The predicted octanol–water partition coefficient (Wildman–Crippen LogP) is 2.47. The third-order valence-corrected chi connectivity index (χ3v) is 2.79. The van der Waals surface area contributed by atoms with Crippen LogP contribution in [0.5, 0.6) is 0 Å². The van der Waals surface area contributed by atoms with Crippen LogP contribution in [0.4, 0.5) is 0 Å². The number of benzene rings is 1. The van der Waals surface area contributed by atoms with Gasteiger partial charge in [0.15, 0.2) is 0 Å². The molecule has 1 aliphatic rings. The maximum absolute atomic E-state index is 10.8. The zero-order chi connectivity index (χ0) is 9.42. The van der Waals surface area contributed by atoms with Crippen molar-refractivity contribution >= 4 is 27.5 Å². The lowest BCUT2D eigenvalue weighted by atomic mass is 10.1. The van der Waals surface area contributed by atoms with E-state index in [1.165, 1.54) is 0 Å². The molecule has 0 aromatic heterocycles. The molecule has 0 spiro atoms. The monoisotopic (exact) mass is 238 g/mol. The van der Waals surface area contributed by atoms with Gasteiger partial charge in [0.05, 0.1) is 5.57 Å². The Kier molecular flexibility index (Phi) is 1.96.